The fourth-order valence-electron chi connectivity index (χ4n) is 2.75. The fraction of sp³-hybridized carbons (Fsp3) is 0.375. The van der Waals surface area contributed by atoms with Crippen LogP contribution in [0.15, 0.2) is 29.2 Å². The van der Waals surface area contributed by atoms with Crippen LogP contribution in [0, 0.1) is 18.6 Å². The summed E-state index contributed by atoms with van der Waals surface area (Å²) in [5.74, 6) is -1.71. The zero-order valence-electron chi connectivity index (χ0n) is 13.9. The highest BCUT2D eigenvalue weighted by Gasteiger charge is 2.31. The number of nitrogens with one attached hydrogen (secondary N) is 1. The van der Waals surface area contributed by atoms with Gasteiger partial charge in [0.05, 0.1) is 29.0 Å². The van der Waals surface area contributed by atoms with Crippen LogP contribution in [0.5, 0.6) is 0 Å². The number of hydrogen-bond donors (Lipinski definition) is 1. The molecule has 1 N–H and O–H groups in total. The SMILES string of the molecule is Cc1cc(NC(=O)CSc2ccc(F)c(F)c2)n(C2CCS(=O)(=O)C2)n1. The van der Waals surface area contributed by atoms with Crippen LogP contribution in [0.4, 0.5) is 14.6 Å². The number of rotatable bonds is 5. The minimum Gasteiger partial charge on any atom is -0.310 e. The monoisotopic (exact) mass is 401 g/mol. The second-order valence-corrected chi connectivity index (χ2v) is 9.36. The molecule has 1 unspecified atom stereocenters. The Morgan fingerprint density at radius 3 is 2.77 bits per heavy atom. The van der Waals surface area contributed by atoms with Gasteiger partial charge < -0.3 is 5.32 Å². The van der Waals surface area contributed by atoms with Crippen molar-refractivity contribution in [1.82, 2.24) is 9.78 Å². The quantitative estimate of drug-likeness (QED) is 0.779. The number of sulfone groups is 1. The van der Waals surface area contributed by atoms with E-state index >= 15 is 0 Å². The first-order valence-electron chi connectivity index (χ1n) is 7.88. The molecule has 1 aromatic heterocycles. The second-order valence-electron chi connectivity index (χ2n) is 6.09. The summed E-state index contributed by atoms with van der Waals surface area (Å²) in [5, 5.41) is 7.00. The number of benzene rings is 1. The summed E-state index contributed by atoms with van der Waals surface area (Å²) in [4.78, 5) is 12.6. The normalized spacial score (nSPS) is 18.8. The van der Waals surface area contributed by atoms with E-state index in [1.165, 1.54) is 6.07 Å². The van der Waals surface area contributed by atoms with Gasteiger partial charge in [0.2, 0.25) is 5.91 Å². The predicted molar refractivity (Wildman–Crippen MR) is 95.0 cm³/mol. The Morgan fingerprint density at radius 2 is 2.12 bits per heavy atom. The van der Waals surface area contributed by atoms with Crippen LogP contribution in [-0.4, -0.2) is 41.4 Å². The van der Waals surface area contributed by atoms with Gasteiger partial charge in [-0.25, -0.2) is 21.9 Å². The van der Waals surface area contributed by atoms with E-state index < -0.39 is 21.5 Å². The highest BCUT2D eigenvalue weighted by atomic mass is 32.2. The number of aryl methyl sites for hydroxylation is 1. The molecule has 3 rings (SSSR count). The Kier molecular flexibility index (Phi) is 5.33. The van der Waals surface area contributed by atoms with E-state index in [4.69, 9.17) is 0 Å². The average Bonchev–Trinajstić information content (AvgIpc) is 3.10. The highest BCUT2D eigenvalue weighted by molar-refractivity contribution is 8.00. The largest absolute Gasteiger partial charge is 0.310 e. The molecule has 26 heavy (non-hydrogen) atoms. The van der Waals surface area contributed by atoms with Crippen LogP contribution >= 0.6 is 11.8 Å². The maximum Gasteiger partial charge on any atom is 0.235 e. The molecule has 1 aliphatic heterocycles. The van der Waals surface area contributed by atoms with Crippen molar-refractivity contribution in [2.45, 2.75) is 24.3 Å². The molecule has 10 heteroatoms. The van der Waals surface area contributed by atoms with Crippen LogP contribution in [0.25, 0.3) is 0 Å². The van der Waals surface area contributed by atoms with Gasteiger partial charge in [0.15, 0.2) is 21.5 Å². The van der Waals surface area contributed by atoms with Crippen LogP contribution in [0.2, 0.25) is 0 Å². The Bertz CT molecular complexity index is 944. The van der Waals surface area contributed by atoms with E-state index in [9.17, 15) is 22.0 Å². The third-order valence-corrected chi connectivity index (χ3v) is 6.68. The molecule has 2 heterocycles. The second kappa shape index (κ2) is 7.36. The molecule has 1 saturated heterocycles. The molecule has 0 saturated carbocycles. The van der Waals surface area contributed by atoms with Crippen molar-refractivity contribution < 1.29 is 22.0 Å². The number of amides is 1. The van der Waals surface area contributed by atoms with E-state index in [-0.39, 0.29) is 29.2 Å². The number of nitrogens with zero attached hydrogens (tertiary/aromatic N) is 2. The standard InChI is InChI=1S/C16H17F2N3O3S2/c1-10-6-15(21(20-10)11-4-5-26(23,24)9-11)19-16(22)8-25-12-2-3-13(17)14(18)7-12/h2-3,6-7,11H,4-5,8-9H2,1H3,(H,19,22). The van der Waals surface area contributed by atoms with Gasteiger partial charge in [-0.05, 0) is 31.5 Å². The van der Waals surface area contributed by atoms with Gasteiger partial charge >= 0.3 is 0 Å². The maximum absolute atomic E-state index is 13.2. The maximum atomic E-state index is 13.2. The van der Waals surface area contributed by atoms with E-state index in [0.29, 0.717) is 22.8 Å². The van der Waals surface area contributed by atoms with Gasteiger partial charge in [0.1, 0.15) is 5.82 Å². The van der Waals surface area contributed by atoms with E-state index in [1.807, 2.05) is 0 Å². The summed E-state index contributed by atoms with van der Waals surface area (Å²) in [6.07, 6.45) is 0.454. The van der Waals surface area contributed by atoms with Crippen molar-refractivity contribution >= 4 is 33.3 Å². The summed E-state index contributed by atoms with van der Waals surface area (Å²) in [6.45, 7) is 1.76. The van der Waals surface area contributed by atoms with Gasteiger partial charge in [-0.15, -0.1) is 11.8 Å². The summed E-state index contributed by atoms with van der Waals surface area (Å²) < 4.78 is 51.0. The topological polar surface area (TPSA) is 81.1 Å². The molecule has 140 valence electrons. The van der Waals surface area contributed by atoms with Crippen LogP contribution in [0.1, 0.15) is 18.2 Å². The first-order chi connectivity index (χ1) is 12.2. The Balaban J connectivity index is 1.65. The Hall–Kier alpha value is -1.94. The van der Waals surface area contributed by atoms with Crippen LogP contribution in [0.3, 0.4) is 0 Å². The van der Waals surface area contributed by atoms with Crippen molar-refractivity contribution in [3.8, 4) is 0 Å². The van der Waals surface area contributed by atoms with E-state index in [0.717, 1.165) is 23.9 Å². The number of hydrogen-bond acceptors (Lipinski definition) is 5. The Morgan fingerprint density at radius 1 is 1.35 bits per heavy atom. The molecule has 0 radical (unpaired) electrons. The Labute approximate surface area is 153 Å². The summed E-state index contributed by atoms with van der Waals surface area (Å²) in [7, 11) is -3.08. The lowest BCUT2D eigenvalue weighted by atomic mass is 10.3. The lowest BCUT2D eigenvalue weighted by Crippen LogP contribution is -2.20. The molecule has 1 amide bonds. The molecule has 0 aliphatic carbocycles. The first-order valence-corrected chi connectivity index (χ1v) is 10.7. The average molecular weight is 401 g/mol. The lowest BCUT2D eigenvalue weighted by Gasteiger charge is -2.13. The zero-order valence-corrected chi connectivity index (χ0v) is 15.5. The van der Waals surface area contributed by atoms with Gasteiger partial charge in [-0.1, -0.05) is 0 Å². The van der Waals surface area contributed by atoms with Crippen molar-refractivity contribution in [3.63, 3.8) is 0 Å². The summed E-state index contributed by atoms with van der Waals surface area (Å²) in [6, 6.07) is 4.81. The number of carbonyl (C=O) groups is 1. The molecule has 1 aliphatic rings. The minimum absolute atomic E-state index is 0.000592. The van der Waals surface area contributed by atoms with Crippen molar-refractivity contribution in [3.05, 3.63) is 41.6 Å². The molecule has 1 fully saturated rings. The van der Waals surface area contributed by atoms with Crippen LogP contribution in [-0.2, 0) is 14.6 Å². The van der Waals surface area contributed by atoms with E-state index in [2.05, 4.69) is 10.4 Å². The third-order valence-electron chi connectivity index (χ3n) is 3.94. The van der Waals surface area contributed by atoms with Gasteiger partial charge in [-0.3, -0.25) is 4.79 Å². The fourth-order valence-corrected chi connectivity index (χ4v) is 5.16. The number of thioether (sulfide) groups is 1. The lowest BCUT2D eigenvalue weighted by molar-refractivity contribution is -0.113. The van der Waals surface area contributed by atoms with Crippen molar-refractivity contribution in [2.75, 3.05) is 22.6 Å². The highest BCUT2D eigenvalue weighted by Crippen LogP contribution is 2.27. The van der Waals surface area contributed by atoms with E-state index in [1.54, 1.807) is 17.7 Å². The smallest absolute Gasteiger partial charge is 0.235 e. The zero-order chi connectivity index (χ0) is 18.9. The molecular weight excluding hydrogens is 384 g/mol. The van der Waals surface area contributed by atoms with Gasteiger partial charge in [0, 0.05) is 11.0 Å². The molecule has 1 aromatic carbocycles. The molecule has 0 spiro atoms. The summed E-state index contributed by atoms with van der Waals surface area (Å²) in [5.41, 5.74) is 0.665. The predicted octanol–water partition coefficient (Wildman–Crippen LogP) is 2.56. The van der Waals surface area contributed by atoms with Gasteiger partial charge in [0.25, 0.3) is 0 Å². The van der Waals surface area contributed by atoms with Crippen LogP contribution < -0.4 is 5.32 Å². The molecular formula is C16H17F2N3O3S2. The van der Waals surface area contributed by atoms with Gasteiger partial charge in [-0.2, -0.15) is 5.10 Å². The number of halogens is 2. The molecule has 0 bridgehead atoms. The summed E-state index contributed by atoms with van der Waals surface area (Å²) >= 11 is 1.07. The number of anilines is 1. The minimum atomic E-state index is -3.08. The van der Waals surface area contributed by atoms with Crippen molar-refractivity contribution in [2.24, 2.45) is 0 Å². The third kappa shape index (κ3) is 4.42. The molecule has 1 atom stereocenters. The number of aromatic nitrogens is 2. The number of carbonyl (C=O) groups excluding carboxylic acids is 1. The molecule has 2 aromatic rings. The first kappa shape index (κ1) is 18.8. The van der Waals surface area contributed by atoms with Crippen molar-refractivity contribution in [1.29, 1.82) is 0 Å². The molecule has 6 nitrogen and oxygen atoms in total.